The SMILES string of the molecule is CCOc1ccc(OCc2ccc(C(=O)Nc3ccn(Cc4c(F)c(F)cc(F)c4F)n3)o2)cc1. The second-order valence-corrected chi connectivity index (χ2v) is 7.26. The summed E-state index contributed by atoms with van der Waals surface area (Å²) in [6.45, 7) is 1.94. The summed E-state index contributed by atoms with van der Waals surface area (Å²) in [5.74, 6) is -4.96. The van der Waals surface area contributed by atoms with Crippen molar-refractivity contribution in [2.45, 2.75) is 20.1 Å². The van der Waals surface area contributed by atoms with Crippen LogP contribution in [0.15, 0.2) is 59.1 Å². The van der Waals surface area contributed by atoms with Gasteiger partial charge in [0.05, 0.1) is 18.7 Å². The highest BCUT2D eigenvalue weighted by Gasteiger charge is 2.20. The highest BCUT2D eigenvalue weighted by Crippen LogP contribution is 2.21. The van der Waals surface area contributed by atoms with Gasteiger partial charge >= 0.3 is 0 Å². The molecule has 0 bridgehead atoms. The Kier molecular flexibility index (Phi) is 7.04. The van der Waals surface area contributed by atoms with Crippen LogP contribution in [0.1, 0.15) is 28.8 Å². The Morgan fingerprint density at radius 2 is 1.63 bits per heavy atom. The topological polar surface area (TPSA) is 78.5 Å². The summed E-state index contributed by atoms with van der Waals surface area (Å²) >= 11 is 0. The van der Waals surface area contributed by atoms with Gasteiger partial charge in [0.2, 0.25) is 0 Å². The number of anilines is 1. The van der Waals surface area contributed by atoms with E-state index in [1.165, 1.54) is 18.3 Å². The van der Waals surface area contributed by atoms with E-state index >= 15 is 0 Å². The minimum absolute atomic E-state index is 0.0193. The Morgan fingerprint density at radius 1 is 0.971 bits per heavy atom. The van der Waals surface area contributed by atoms with Gasteiger partial charge in [-0.2, -0.15) is 5.10 Å². The fourth-order valence-corrected chi connectivity index (χ4v) is 3.15. The van der Waals surface area contributed by atoms with Gasteiger partial charge in [-0.15, -0.1) is 0 Å². The van der Waals surface area contributed by atoms with Crippen LogP contribution in [0.3, 0.4) is 0 Å². The predicted molar refractivity (Wildman–Crippen MR) is 116 cm³/mol. The molecule has 0 radical (unpaired) electrons. The molecule has 0 saturated carbocycles. The molecule has 0 atom stereocenters. The molecular weight excluding hydrogens is 470 g/mol. The lowest BCUT2D eigenvalue weighted by Gasteiger charge is -2.07. The van der Waals surface area contributed by atoms with E-state index in [2.05, 4.69) is 10.4 Å². The van der Waals surface area contributed by atoms with Gasteiger partial charge in [-0.05, 0) is 43.3 Å². The van der Waals surface area contributed by atoms with Crippen molar-refractivity contribution in [2.75, 3.05) is 11.9 Å². The summed E-state index contributed by atoms with van der Waals surface area (Å²) in [4.78, 5) is 12.4. The van der Waals surface area contributed by atoms with Crippen LogP contribution in [0.4, 0.5) is 23.4 Å². The summed E-state index contributed by atoms with van der Waals surface area (Å²) < 4.78 is 72.0. The summed E-state index contributed by atoms with van der Waals surface area (Å²) in [6, 6.07) is 11.5. The molecule has 4 aromatic rings. The number of nitrogens with zero attached hydrogens (tertiary/aromatic N) is 2. The van der Waals surface area contributed by atoms with Crippen molar-refractivity contribution in [2.24, 2.45) is 0 Å². The van der Waals surface area contributed by atoms with Crippen LogP contribution >= 0.6 is 0 Å². The predicted octanol–water partition coefficient (Wildman–Crippen LogP) is 5.31. The first-order valence-electron chi connectivity index (χ1n) is 10.4. The quantitative estimate of drug-likeness (QED) is 0.255. The third-order valence-corrected chi connectivity index (χ3v) is 4.81. The molecule has 35 heavy (non-hydrogen) atoms. The van der Waals surface area contributed by atoms with E-state index in [0.29, 0.717) is 18.1 Å². The van der Waals surface area contributed by atoms with E-state index in [9.17, 15) is 22.4 Å². The van der Waals surface area contributed by atoms with E-state index in [1.807, 2.05) is 6.92 Å². The van der Waals surface area contributed by atoms with Crippen molar-refractivity contribution in [1.29, 1.82) is 0 Å². The Morgan fingerprint density at radius 3 is 2.29 bits per heavy atom. The first-order chi connectivity index (χ1) is 16.8. The Hall–Kier alpha value is -4.28. The molecule has 1 amide bonds. The van der Waals surface area contributed by atoms with Gasteiger partial charge in [0.1, 0.15) is 23.9 Å². The molecule has 0 aliphatic rings. The number of carbonyl (C=O) groups is 1. The average molecular weight is 489 g/mol. The molecule has 182 valence electrons. The molecule has 11 heteroatoms. The lowest BCUT2D eigenvalue weighted by Crippen LogP contribution is -2.13. The zero-order chi connectivity index (χ0) is 24.9. The number of benzene rings is 2. The van der Waals surface area contributed by atoms with Crippen LogP contribution in [-0.4, -0.2) is 22.3 Å². The maximum Gasteiger partial charge on any atom is 0.292 e. The Labute approximate surface area is 196 Å². The minimum atomic E-state index is -1.51. The van der Waals surface area contributed by atoms with Crippen LogP contribution in [-0.2, 0) is 13.2 Å². The van der Waals surface area contributed by atoms with E-state index in [0.717, 1.165) is 10.4 Å². The number of hydrogen-bond acceptors (Lipinski definition) is 5. The lowest BCUT2D eigenvalue weighted by molar-refractivity contribution is 0.0992. The number of aromatic nitrogens is 2. The Bertz CT molecular complexity index is 1310. The maximum atomic E-state index is 13.9. The molecule has 0 aliphatic carbocycles. The summed E-state index contributed by atoms with van der Waals surface area (Å²) in [5, 5.41) is 6.41. The van der Waals surface area contributed by atoms with Crippen LogP contribution in [0.2, 0.25) is 0 Å². The zero-order valence-electron chi connectivity index (χ0n) is 18.4. The molecule has 2 aromatic carbocycles. The zero-order valence-corrected chi connectivity index (χ0v) is 18.4. The average Bonchev–Trinajstić information content (AvgIpc) is 3.50. The van der Waals surface area contributed by atoms with Gasteiger partial charge in [0, 0.05) is 18.3 Å². The number of nitrogens with one attached hydrogen (secondary N) is 1. The number of halogens is 4. The summed E-state index contributed by atoms with van der Waals surface area (Å²) in [5.41, 5.74) is -0.827. The van der Waals surface area contributed by atoms with Crippen molar-refractivity contribution in [3.63, 3.8) is 0 Å². The van der Waals surface area contributed by atoms with E-state index < -0.39 is 41.3 Å². The van der Waals surface area contributed by atoms with Crippen molar-refractivity contribution in [3.8, 4) is 11.5 Å². The molecule has 7 nitrogen and oxygen atoms in total. The van der Waals surface area contributed by atoms with Gasteiger partial charge in [0.25, 0.3) is 5.91 Å². The minimum Gasteiger partial charge on any atom is -0.494 e. The fourth-order valence-electron chi connectivity index (χ4n) is 3.15. The van der Waals surface area contributed by atoms with E-state index in [4.69, 9.17) is 13.9 Å². The molecular formula is C24H19F4N3O4. The van der Waals surface area contributed by atoms with Crippen LogP contribution < -0.4 is 14.8 Å². The number of ether oxygens (including phenoxy) is 2. The molecule has 0 aliphatic heterocycles. The smallest absolute Gasteiger partial charge is 0.292 e. The highest BCUT2D eigenvalue weighted by molar-refractivity contribution is 6.01. The summed E-state index contributed by atoms with van der Waals surface area (Å²) in [6.07, 6.45) is 1.29. The second kappa shape index (κ2) is 10.3. The number of rotatable bonds is 9. The van der Waals surface area contributed by atoms with Crippen LogP contribution in [0.5, 0.6) is 11.5 Å². The van der Waals surface area contributed by atoms with Crippen LogP contribution in [0.25, 0.3) is 0 Å². The third kappa shape index (κ3) is 5.62. The first-order valence-corrected chi connectivity index (χ1v) is 10.4. The number of furan rings is 1. The van der Waals surface area contributed by atoms with E-state index in [1.54, 1.807) is 30.3 Å². The standard InChI is InChI=1S/C24H19F4N3O4/c1-2-33-14-3-5-15(6-4-14)34-13-16-7-8-20(35-16)24(32)29-21-9-10-31(30-21)12-17-22(27)18(25)11-19(26)23(17)28/h3-11H,2,12-13H2,1H3,(H,29,30,32). The molecule has 2 heterocycles. The third-order valence-electron chi connectivity index (χ3n) is 4.81. The van der Waals surface area contributed by atoms with Gasteiger partial charge in [-0.3, -0.25) is 9.48 Å². The van der Waals surface area contributed by atoms with Gasteiger partial charge in [-0.1, -0.05) is 0 Å². The largest absolute Gasteiger partial charge is 0.494 e. The molecule has 0 saturated heterocycles. The lowest BCUT2D eigenvalue weighted by atomic mass is 10.2. The van der Waals surface area contributed by atoms with Crippen molar-refractivity contribution in [3.05, 3.63) is 95.1 Å². The number of hydrogen-bond donors (Lipinski definition) is 1. The van der Waals surface area contributed by atoms with Crippen molar-refractivity contribution < 1.29 is 36.2 Å². The first kappa shape index (κ1) is 23.9. The molecule has 0 spiro atoms. The molecule has 0 fully saturated rings. The molecule has 2 aromatic heterocycles. The normalized spacial score (nSPS) is 10.9. The highest BCUT2D eigenvalue weighted by atomic mass is 19.2. The van der Waals surface area contributed by atoms with Gasteiger partial charge in [0.15, 0.2) is 34.8 Å². The number of amides is 1. The second-order valence-electron chi connectivity index (χ2n) is 7.26. The van der Waals surface area contributed by atoms with Crippen molar-refractivity contribution in [1.82, 2.24) is 9.78 Å². The maximum absolute atomic E-state index is 13.9. The van der Waals surface area contributed by atoms with Crippen LogP contribution in [0, 0.1) is 23.3 Å². The van der Waals surface area contributed by atoms with Crippen molar-refractivity contribution >= 4 is 11.7 Å². The summed E-state index contributed by atoms with van der Waals surface area (Å²) in [7, 11) is 0. The van der Waals surface area contributed by atoms with Gasteiger partial charge < -0.3 is 19.2 Å². The fraction of sp³-hybridized carbons (Fsp3) is 0.167. The van der Waals surface area contributed by atoms with E-state index in [-0.39, 0.29) is 24.3 Å². The molecule has 4 rings (SSSR count). The number of carbonyl (C=O) groups excluding carboxylic acids is 1. The molecule has 1 N–H and O–H groups in total. The molecule has 0 unspecified atom stereocenters. The van der Waals surface area contributed by atoms with Gasteiger partial charge in [-0.25, -0.2) is 17.6 Å². The Balaban J connectivity index is 1.35. The monoisotopic (exact) mass is 489 g/mol.